The Morgan fingerprint density at radius 3 is 2.50 bits per heavy atom. The van der Waals surface area contributed by atoms with Crippen LogP contribution in [0.1, 0.15) is 44.9 Å². The molecule has 0 aliphatic carbocycles. The molecule has 0 saturated carbocycles. The molecule has 108 valence electrons. The summed E-state index contributed by atoms with van der Waals surface area (Å²) in [6, 6.07) is 4.52. The number of hydrogen-bond donors (Lipinski definition) is 0. The lowest BCUT2D eigenvalue weighted by Crippen LogP contribution is -2.25. The highest BCUT2D eigenvalue weighted by Crippen LogP contribution is 2.30. The van der Waals surface area contributed by atoms with Crippen LogP contribution in [0.15, 0.2) is 16.9 Å². The summed E-state index contributed by atoms with van der Waals surface area (Å²) < 4.78 is 3.86. The van der Waals surface area contributed by atoms with Crippen molar-refractivity contribution in [2.45, 2.75) is 53.4 Å². The second-order valence-electron chi connectivity index (χ2n) is 5.86. The molecule has 0 saturated heterocycles. The predicted octanol–water partition coefficient (Wildman–Crippen LogP) is 2.74. The zero-order chi connectivity index (χ0) is 14.4. The van der Waals surface area contributed by atoms with Crippen LogP contribution < -0.4 is 5.69 Å². The number of hydrogen-bond acceptors (Lipinski definition) is 2. The average molecular weight is 273 g/mol. The molecule has 0 atom stereocenters. The lowest BCUT2D eigenvalue weighted by atomic mass is 10.1. The minimum absolute atomic E-state index is 0.126. The van der Waals surface area contributed by atoms with E-state index in [-0.39, 0.29) is 11.7 Å². The van der Waals surface area contributed by atoms with E-state index in [1.165, 1.54) is 11.1 Å². The molecule has 20 heavy (non-hydrogen) atoms. The fourth-order valence-electron chi connectivity index (χ4n) is 3.35. The molecule has 3 rings (SSSR count). The Kier molecular flexibility index (Phi) is 3.21. The van der Waals surface area contributed by atoms with Crippen molar-refractivity contribution in [3.63, 3.8) is 0 Å². The first-order valence-corrected chi connectivity index (χ1v) is 7.56. The van der Waals surface area contributed by atoms with Gasteiger partial charge >= 0.3 is 5.69 Å². The summed E-state index contributed by atoms with van der Waals surface area (Å²) in [6.45, 7) is 12.2. The normalized spacial score (nSPS) is 15.4. The van der Waals surface area contributed by atoms with Crippen molar-refractivity contribution in [3.05, 3.63) is 33.7 Å². The molecule has 0 amide bonds. The maximum absolute atomic E-state index is 12.6. The summed E-state index contributed by atoms with van der Waals surface area (Å²) >= 11 is 0. The molecule has 0 bridgehead atoms. The van der Waals surface area contributed by atoms with Crippen LogP contribution in [-0.2, 0) is 19.6 Å². The molecule has 1 aliphatic heterocycles. The van der Waals surface area contributed by atoms with E-state index in [1.807, 2.05) is 9.13 Å². The maximum Gasteiger partial charge on any atom is 0.329 e. The minimum Gasteiger partial charge on any atom is -0.295 e. The van der Waals surface area contributed by atoms with Crippen LogP contribution in [0.5, 0.6) is 0 Å². The summed E-state index contributed by atoms with van der Waals surface area (Å²) in [5, 5.41) is 0. The monoisotopic (exact) mass is 273 g/mol. The molecule has 0 radical (unpaired) electrons. The summed E-state index contributed by atoms with van der Waals surface area (Å²) in [5.74, 6) is 0. The van der Waals surface area contributed by atoms with Crippen LogP contribution in [0.2, 0.25) is 0 Å². The smallest absolute Gasteiger partial charge is 0.295 e. The van der Waals surface area contributed by atoms with E-state index in [0.29, 0.717) is 0 Å². The van der Waals surface area contributed by atoms with E-state index in [9.17, 15) is 4.79 Å². The summed E-state index contributed by atoms with van der Waals surface area (Å²) in [6.07, 6.45) is 0. The van der Waals surface area contributed by atoms with Crippen LogP contribution >= 0.6 is 0 Å². The molecule has 2 aromatic rings. The summed E-state index contributed by atoms with van der Waals surface area (Å²) in [7, 11) is 0. The van der Waals surface area contributed by atoms with Gasteiger partial charge in [-0.05, 0) is 44.5 Å². The third-order valence-corrected chi connectivity index (χ3v) is 4.38. The number of rotatable bonds is 3. The van der Waals surface area contributed by atoms with Gasteiger partial charge in [0.15, 0.2) is 0 Å². The number of aromatic nitrogens is 2. The SMILES string of the molecule is CCN1Cc2ccc3c(c2C1)n(CC)c(=O)n3C(C)C. The first-order chi connectivity index (χ1) is 9.58. The lowest BCUT2D eigenvalue weighted by Gasteiger charge is -2.10. The molecule has 0 spiro atoms. The summed E-state index contributed by atoms with van der Waals surface area (Å²) in [4.78, 5) is 15.0. The summed E-state index contributed by atoms with van der Waals surface area (Å²) in [5.41, 5.74) is 5.09. The van der Waals surface area contributed by atoms with Crippen LogP contribution in [-0.4, -0.2) is 20.6 Å². The van der Waals surface area contributed by atoms with E-state index in [4.69, 9.17) is 0 Å². The van der Waals surface area contributed by atoms with Gasteiger partial charge < -0.3 is 0 Å². The Balaban J connectivity index is 2.34. The van der Waals surface area contributed by atoms with Crippen LogP contribution in [0.25, 0.3) is 11.0 Å². The van der Waals surface area contributed by atoms with Crippen molar-refractivity contribution in [2.75, 3.05) is 6.54 Å². The van der Waals surface area contributed by atoms with Crippen molar-refractivity contribution in [1.82, 2.24) is 14.0 Å². The Labute approximate surface area is 119 Å². The zero-order valence-electron chi connectivity index (χ0n) is 12.8. The number of fused-ring (bicyclic) bond motifs is 3. The van der Waals surface area contributed by atoms with Crippen molar-refractivity contribution in [2.24, 2.45) is 0 Å². The third kappa shape index (κ3) is 1.74. The Bertz CT molecular complexity index is 709. The molecule has 1 aromatic carbocycles. The van der Waals surface area contributed by atoms with Crippen LogP contribution in [0.3, 0.4) is 0 Å². The molecular weight excluding hydrogens is 250 g/mol. The van der Waals surface area contributed by atoms with Gasteiger partial charge in [-0.2, -0.15) is 0 Å². The first-order valence-electron chi connectivity index (χ1n) is 7.56. The highest BCUT2D eigenvalue weighted by atomic mass is 16.1. The first kappa shape index (κ1) is 13.4. The van der Waals surface area contributed by atoms with Gasteiger partial charge in [-0.3, -0.25) is 14.0 Å². The quantitative estimate of drug-likeness (QED) is 0.860. The van der Waals surface area contributed by atoms with Gasteiger partial charge in [0.2, 0.25) is 0 Å². The fourth-order valence-corrected chi connectivity index (χ4v) is 3.35. The molecule has 0 unspecified atom stereocenters. The second kappa shape index (κ2) is 4.77. The molecule has 4 nitrogen and oxygen atoms in total. The maximum atomic E-state index is 12.6. The Hall–Kier alpha value is -1.55. The van der Waals surface area contributed by atoms with Gasteiger partial charge in [0.1, 0.15) is 0 Å². The van der Waals surface area contributed by atoms with Crippen LogP contribution in [0, 0.1) is 0 Å². The van der Waals surface area contributed by atoms with Crippen molar-refractivity contribution < 1.29 is 0 Å². The largest absolute Gasteiger partial charge is 0.329 e. The molecular formula is C16H23N3O. The predicted molar refractivity (Wildman–Crippen MR) is 82.0 cm³/mol. The number of aryl methyl sites for hydroxylation is 1. The molecule has 0 fully saturated rings. The van der Waals surface area contributed by atoms with E-state index >= 15 is 0 Å². The van der Waals surface area contributed by atoms with E-state index in [0.717, 1.165) is 37.2 Å². The Morgan fingerprint density at radius 1 is 1.15 bits per heavy atom. The number of benzene rings is 1. The molecule has 1 aliphatic rings. The molecule has 0 N–H and O–H groups in total. The van der Waals surface area contributed by atoms with Gasteiger partial charge in [0, 0.05) is 25.7 Å². The topological polar surface area (TPSA) is 30.2 Å². The number of imidazole rings is 1. The standard InChI is InChI=1S/C16H23N3O/c1-5-17-9-12-7-8-14-15(13(12)10-17)18(6-2)16(20)19(14)11(3)4/h7-8,11H,5-6,9-10H2,1-4H3. The highest BCUT2D eigenvalue weighted by Gasteiger charge is 2.24. The van der Waals surface area contributed by atoms with Crippen molar-refractivity contribution in [3.8, 4) is 0 Å². The zero-order valence-corrected chi connectivity index (χ0v) is 12.8. The minimum atomic E-state index is 0.126. The molecule has 4 heteroatoms. The third-order valence-electron chi connectivity index (χ3n) is 4.38. The van der Waals surface area contributed by atoms with E-state index < -0.39 is 0 Å². The van der Waals surface area contributed by atoms with E-state index in [1.54, 1.807) is 0 Å². The second-order valence-corrected chi connectivity index (χ2v) is 5.86. The van der Waals surface area contributed by atoms with Gasteiger partial charge in [-0.15, -0.1) is 0 Å². The van der Waals surface area contributed by atoms with Gasteiger partial charge in [0.25, 0.3) is 0 Å². The number of nitrogens with zero attached hydrogens (tertiary/aromatic N) is 3. The Morgan fingerprint density at radius 2 is 1.90 bits per heavy atom. The van der Waals surface area contributed by atoms with Crippen LogP contribution in [0.4, 0.5) is 0 Å². The van der Waals surface area contributed by atoms with Gasteiger partial charge in [0.05, 0.1) is 11.0 Å². The average Bonchev–Trinajstić information content (AvgIpc) is 2.95. The van der Waals surface area contributed by atoms with Gasteiger partial charge in [-0.1, -0.05) is 13.0 Å². The van der Waals surface area contributed by atoms with Crippen molar-refractivity contribution in [1.29, 1.82) is 0 Å². The highest BCUT2D eigenvalue weighted by molar-refractivity contribution is 5.82. The fraction of sp³-hybridized carbons (Fsp3) is 0.562. The van der Waals surface area contributed by atoms with Crippen molar-refractivity contribution >= 4 is 11.0 Å². The van der Waals surface area contributed by atoms with E-state index in [2.05, 4.69) is 44.7 Å². The van der Waals surface area contributed by atoms with Gasteiger partial charge in [-0.25, -0.2) is 4.79 Å². The molecule has 1 aromatic heterocycles. The molecule has 2 heterocycles. The lowest BCUT2D eigenvalue weighted by molar-refractivity contribution is 0.301.